The Kier molecular flexibility index (Phi) is 3.25. The highest BCUT2D eigenvalue weighted by molar-refractivity contribution is 5.75. The maximum atomic E-state index is 12.0. The van der Waals surface area contributed by atoms with Crippen LogP contribution < -0.4 is 0 Å². The van der Waals surface area contributed by atoms with E-state index < -0.39 is 18.1 Å². The minimum Gasteiger partial charge on any atom is -0.481 e. The fraction of sp³-hybridized carbons (Fsp3) is 0.889. The number of rotatable bonds is 4. The van der Waals surface area contributed by atoms with Gasteiger partial charge in [-0.15, -0.1) is 0 Å². The first kappa shape index (κ1) is 10.4. The van der Waals surface area contributed by atoms with Gasteiger partial charge in [0.1, 0.15) is 0 Å². The number of hydrogen-bond donors (Lipinski definition) is 1. The van der Waals surface area contributed by atoms with E-state index in [1.165, 1.54) is 0 Å². The topological polar surface area (TPSA) is 46.5 Å². The van der Waals surface area contributed by atoms with Crippen LogP contribution in [-0.4, -0.2) is 30.5 Å². The largest absolute Gasteiger partial charge is 0.481 e. The van der Waals surface area contributed by atoms with Crippen molar-refractivity contribution in [2.75, 3.05) is 13.3 Å². The molecule has 4 heteroatoms. The molecule has 1 aliphatic rings. The second kappa shape index (κ2) is 4.05. The highest BCUT2D eigenvalue weighted by Gasteiger charge is 2.47. The zero-order valence-electron chi connectivity index (χ0n) is 7.75. The van der Waals surface area contributed by atoms with Gasteiger partial charge in [-0.2, -0.15) is 0 Å². The molecule has 2 atom stereocenters. The van der Waals surface area contributed by atoms with Gasteiger partial charge in [-0.05, 0) is 26.2 Å². The van der Waals surface area contributed by atoms with Crippen LogP contribution in [0.3, 0.4) is 0 Å². The average molecular weight is 190 g/mol. The molecular weight excluding hydrogens is 175 g/mol. The van der Waals surface area contributed by atoms with Crippen LogP contribution in [0, 0.1) is 5.41 Å². The van der Waals surface area contributed by atoms with Gasteiger partial charge in [0.15, 0.2) is 0 Å². The van der Waals surface area contributed by atoms with Crippen molar-refractivity contribution in [3.63, 3.8) is 0 Å². The maximum Gasteiger partial charge on any atom is 0.312 e. The van der Waals surface area contributed by atoms with Crippen molar-refractivity contribution < 1.29 is 19.0 Å². The Labute approximate surface area is 76.9 Å². The van der Waals surface area contributed by atoms with Gasteiger partial charge in [0.05, 0.1) is 18.2 Å². The number of carboxylic acid groups (broad SMARTS) is 1. The highest BCUT2D eigenvalue weighted by atomic mass is 19.1. The predicted octanol–water partition coefficient (Wildman–Crippen LogP) is 1.62. The van der Waals surface area contributed by atoms with Gasteiger partial charge in [0, 0.05) is 6.61 Å². The molecule has 1 rings (SSSR count). The third kappa shape index (κ3) is 1.82. The van der Waals surface area contributed by atoms with E-state index >= 15 is 0 Å². The summed E-state index contributed by atoms with van der Waals surface area (Å²) in [6.07, 6.45) is 0.889. The fourth-order valence-electron chi connectivity index (χ4n) is 1.88. The van der Waals surface area contributed by atoms with E-state index in [1.54, 1.807) is 6.92 Å². The van der Waals surface area contributed by atoms with E-state index in [0.717, 1.165) is 0 Å². The number of aliphatic carboxylic acids is 1. The second-order valence-electron chi connectivity index (χ2n) is 3.52. The van der Waals surface area contributed by atoms with Crippen molar-refractivity contribution >= 4 is 5.97 Å². The van der Waals surface area contributed by atoms with E-state index in [9.17, 15) is 9.18 Å². The van der Waals surface area contributed by atoms with Gasteiger partial charge in [-0.3, -0.25) is 9.18 Å². The van der Waals surface area contributed by atoms with Crippen molar-refractivity contribution in [2.45, 2.75) is 32.3 Å². The predicted molar refractivity (Wildman–Crippen MR) is 45.3 cm³/mol. The lowest BCUT2D eigenvalue weighted by atomic mass is 9.78. The van der Waals surface area contributed by atoms with Gasteiger partial charge in [-0.1, -0.05) is 0 Å². The number of carbonyl (C=O) groups is 1. The highest BCUT2D eigenvalue weighted by Crippen LogP contribution is 2.39. The first-order chi connectivity index (χ1) is 6.13. The molecule has 1 N–H and O–H groups in total. The minimum atomic E-state index is -0.856. The Morgan fingerprint density at radius 2 is 2.46 bits per heavy atom. The molecule has 0 aromatic carbocycles. The summed E-state index contributed by atoms with van der Waals surface area (Å²) in [6.45, 7) is 1.76. The first-order valence-corrected chi connectivity index (χ1v) is 4.54. The molecule has 0 amide bonds. The maximum absolute atomic E-state index is 12.0. The van der Waals surface area contributed by atoms with Crippen molar-refractivity contribution in [1.82, 2.24) is 0 Å². The van der Waals surface area contributed by atoms with Gasteiger partial charge in [-0.25, -0.2) is 0 Å². The van der Waals surface area contributed by atoms with E-state index in [1.807, 2.05) is 0 Å². The Hall–Kier alpha value is -0.640. The van der Waals surface area contributed by atoms with Crippen LogP contribution in [-0.2, 0) is 9.53 Å². The zero-order valence-corrected chi connectivity index (χ0v) is 7.75. The van der Waals surface area contributed by atoms with Crippen LogP contribution in [0.5, 0.6) is 0 Å². The number of carboxylic acids is 1. The lowest BCUT2D eigenvalue weighted by Crippen LogP contribution is -2.37. The number of hydrogen-bond acceptors (Lipinski definition) is 2. The molecule has 1 aliphatic heterocycles. The Morgan fingerprint density at radius 3 is 2.85 bits per heavy atom. The quantitative estimate of drug-likeness (QED) is 0.732. The van der Waals surface area contributed by atoms with Gasteiger partial charge < -0.3 is 9.84 Å². The molecule has 1 fully saturated rings. The van der Waals surface area contributed by atoms with E-state index in [4.69, 9.17) is 9.84 Å². The van der Waals surface area contributed by atoms with Gasteiger partial charge >= 0.3 is 5.97 Å². The summed E-state index contributed by atoms with van der Waals surface area (Å²) in [5.74, 6) is -0.856. The smallest absolute Gasteiger partial charge is 0.312 e. The van der Waals surface area contributed by atoms with Crippen LogP contribution in [0.2, 0.25) is 0 Å². The summed E-state index contributed by atoms with van der Waals surface area (Å²) >= 11 is 0. The zero-order chi connectivity index (χ0) is 9.90. The van der Waals surface area contributed by atoms with E-state index in [0.29, 0.717) is 25.9 Å². The summed E-state index contributed by atoms with van der Waals surface area (Å²) in [4.78, 5) is 11.0. The van der Waals surface area contributed by atoms with Crippen LogP contribution >= 0.6 is 0 Å². The van der Waals surface area contributed by atoms with Crippen molar-refractivity contribution in [3.05, 3.63) is 0 Å². The summed E-state index contributed by atoms with van der Waals surface area (Å²) in [6, 6.07) is 0. The van der Waals surface area contributed by atoms with Gasteiger partial charge in [0.2, 0.25) is 0 Å². The van der Waals surface area contributed by atoms with Gasteiger partial charge in [0.25, 0.3) is 0 Å². The average Bonchev–Trinajstić information content (AvgIpc) is 2.45. The molecule has 0 bridgehead atoms. The van der Waals surface area contributed by atoms with Crippen molar-refractivity contribution in [2.24, 2.45) is 5.41 Å². The third-order valence-corrected chi connectivity index (χ3v) is 2.88. The monoisotopic (exact) mass is 190 g/mol. The van der Waals surface area contributed by atoms with E-state index in [2.05, 4.69) is 0 Å². The van der Waals surface area contributed by atoms with Crippen molar-refractivity contribution in [3.8, 4) is 0 Å². The SMILES string of the molecule is CC1OCCC1(CCCF)C(=O)O. The molecule has 76 valence electrons. The number of halogens is 1. The molecule has 0 aromatic rings. The summed E-state index contributed by atoms with van der Waals surface area (Å²) in [5.41, 5.74) is -0.841. The van der Waals surface area contributed by atoms with Crippen LogP contribution in [0.15, 0.2) is 0 Å². The molecule has 1 saturated heterocycles. The van der Waals surface area contributed by atoms with Crippen LogP contribution in [0.4, 0.5) is 4.39 Å². The molecule has 0 saturated carbocycles. The van der Waals surface area contributed by atoms with E-state index in [-0.39, 0.29) is 6.10 Å². The molecule has 0 spiro atoms. The molecule has 0 radical (unpaired) electrons. The number of alkyl halides is 1. The Balaban J connectivity index is 2.68. The fourth-order valence-corrected chi connectivity index (χ4v) is 1.88. The molecular formula is C9H15FO3. The summed E-state index contributed by atoms with van der Waals surface area (Å²) in [5, 5.41) is 9.06. The standard InChI is InChI=1S/C9H15FO3/c1-7-9(8(11)12,3-2-5-10)4-6-13-7/h7H,2-6H2,1H3,(H,11,12). The molecule has 1 heterocycles. The molecule has 2 unspecified atom stereocenters. The third-order valence-electron chi connectivity index (χ3n) is 2.88. The Morgan fingerprint density at radius 1 is 1.77 bits per heavy atom. The molecule has 0 aromatic heterocycles. The van der Waals surface area contributed by atoms with Crippen LogP contribution in [0.25, 0.3) is 0 Å². The summed E-state index contributed by atoms with van der Waals surface area (Å²) < 4.78 is 17.2. The minimum absolute atomic E-state index is 0.295. The molecule has 13 heavy (non-hydrogen) atoms. The van der Waals surface area contributed by atoms with Crippen molar-refractivity contribution in [1.29, 1.82) is 0 Å². The molecule has 3 nitrogen and oxygen atoms in total. The first-order valence-electron chi connectivity index (χ1n) is 4.54. The lowest BCUT2D eigenvalue weighted by molar-refractivity contribution is -0.152. The Bertz CT molecular complexity index is 195. The molecule has 0 aliphatic carbocycles. The lowest BCUT2D eigenvalue weighted by Gasteiger charge is -2.26. The summed E-state index contributed by atoms with van der Waals surface area (Å²) in [7, 11) is 0. The van der Waals surface area contributed by atoms with Crippen LogP contribution in [0.1, 0.15) is 26.2 Å². The second-order valence-corrected chi connectivity index (χ2v) is 3.52. The number of ether oxygens (including phenoxy) is 1. The normalized spacial score (nSPS) is 33.5.